The summed E-state index contributed by atoms with van der Waals surface area (Å²) >= 11 is 0. The Bertz CT molecular complexity index is 88.3. The van der Waals surface area contributed by atoms with Gasteiger partial charge in [0.15, 0.2) is 0 Å². The van der Waals surface area contributed by atoms with Crippen molar-refractivity contribution in [2.45, 2.75) is 6.92 Å². The summed E-state index contributed by atoms with van der Waals surface area (Å²) in [4.78, 5) is 0. The first-order valence-corrected chi connectivity index (χ1v) is 1.86. The quantitative estimate of drug-likeness (QED) is 0.448. The van der Waals surface area contributed by atoms with Crippen molar-refractivity contribution in [1.29, 1.82) is 0 Å². The van der Waals surface area contributed by atoms with E-state index in [2.05, 4.69) is 0 Å². The first-order valence-electron chi connectivity index (χ1n) is 1.86. The maximum Gasteiger partial charge on any atom is 0.0969 e. The van der Waals surface area contributed by atoms with Gasteiger partial charge < -0.3 is 0 Å². The lowest BCUT2D eigenvalue weighted by molar-refractivity contribution is 0.639. The van der Waals surface area contributed by atoms with Crippen molar-refractivity contribution in [1.82, 2.24) is 0 Å². The zero-order chi connectivity index (χ0) is 5.70. The lowest BCUT2D eigenvalue weighted by Crippen LogP contribution is -1.52. The molecule has 0 aliphatic rings. The highest BCUT2D eigenvalue weighted by Crippen LogP contribution is 1.91. The van der Waals surface area contributed by atoms with Crippen molar-refractivity contribution in [2.75, 3.05) is 0 Å². The van der Waals surface area contributed by atoms with Gasteiger partial charge in [0.2, 0.25) is 0 Å². The molecule has 0 bridgehead atoms. The van der Waals surface area contributed by atoms with Crippen LogP contribution in [-0.2, 0) is 0 Å². The topological polar surface area (TPSA) is 0 Å². The number of rotatable bonds is 1. The average molecular weight is 104 g/mol. The molecular weight excluding hydrogens is 98.1 g/mol. The van der Waals surface area contributed by atoms with Gasteiger partial charge in [-0.1, -0.05) is 0 Å². The molecule has 0 aliphatic carbocycles. The molecule has 0 heterocycles. The second-order valence-corrected chi connectivity index (χ2v) is 1.07. The number of hydrogen-bond acceptors (Lipinski definition) is 0. The fourth-order valence-electron chi connectivity index (χ4n) is 0.169. The molecule has 0 N–H and O–H groups in total. The van der Waals surface area contributed by atoms with Gasteiger partial charge in [0, 0.05) is 0 Å². The minimum absolute atomic E-state index is 0.281. The minimum Gasteiger partial charge on any atom is -0.216 e. The molecule has 0 aromatic heterocycles. The highest BCUT2D eigenvalue weighted by Gasteiger charge is 1.72. The van der Waals surface area contributed by atoms with Crippen molar-refractivity contribution in [2.24, 2.45) is 0 Å². The number of halogens is 2. The van der Waals surface area contributed by atoms with E-state index in [0.29, 0.717) is 0 Å². The summed E-state index contributed by atoms with van der Waals surface area (Å²) < 4.78 is 22.5. The second-order valence-electron chi connectivity index (χ2n) is 1.07. The third-order valence-electron chi connectivity index (χ3n) is 0.399. The van der Waals surface area contributed by atoms with Crippen LogP contribution in [0.3, 0.4) is 0 Å². The van der Waals surface area contributed by atoms with Gasteiger partial charge >= 0.3 is 0 Å². The Balaban J connectivity index is 3.46. The van der Waals surface area contributed by atoms with Gasteiger partial charge in [0.25, 0.3) is 0 Å². The first-order chi connectivity index (χ1) is 3.27. The molecule has 0 saturated heterocycles. The van der Waals surface area contributed by atoms with Crippen molar-refractivity contribution in [3.05, 3.63) is 24.3 Å². The normalized spacial score (nSPS) is 13.3. The predicted molar refractivity (Wildman–Crippen MR) is 25.1 cm³/mol. The van der Waals surface area contributed by atoms with E-state index in [1.54, 1.807) is 0 Å². The van der Waals surface area contributed by atoms with Crippen molar-refractivity contribution >= 4 is 0 Å². The van der Waals surface area contributed by atoms with Gasteiger partial charge in [-0.05, 0) is 19.1 Å². The van der Waals surface area contributed by atoms with Gasteiger partial charge in [-0.15, -0.1) is 0 Å². The average Bonchev–Trinajstić information content (AvgIpc) is 1.61. The maximum atomic E-state index is 11.5. The number of hydrogen-bond donors (Lipinski definition) is 0. The molecule has 0 fully saturated rings. The highest BCUT2D eigenvalue weighted by atomic mass is 19.1. The summed E-state index contributed by atoms with van der Waals surface area (Å²) in [5.74, 6) is -0.395. The smallest absolute Gasteiger partial charge is 0.0969 e. The summed E-state index contributed by atoms with van der Waals surface area (Å²) in [5, 5.41) is 0. The van der Waals surface area contributed by atoms with Crippen LogP contribution in [0.15, 0.2) is 24.3 Å². The van der Waals surface area contributed by atoms with Crippen LogP contribution in [-0.4, -0.2) is 0 Å². The van der Waals surface area contributed by atoms with Crippen molar-refractivity contribution in [3.63, 3.8) is 0 Å². The minimum atomic E-state index is -0.395. The molecule has 0 saturated carbocycles. The molecule has 0 aliphatic heterocycles. The van der Waals surface area contributed by atoms with Crippen molar-refractivity contribution in [3.8, 4) is 0 Å². The van der Waals surface area contributed by atoms with Gasteiger partial charge in [0.1, 0.15) is 0 Å². The Morgan fingerprint density at radius 3 is 2.29 bits per heavy atom. The van der Waals surface area contributed by atoms with Gasteiger partial charge in [-0.3, -0.25) is 0 Å². The summed E-state index contributed by atoms with van der Waals surface area (Å²) in [6, 6.07) is 0. The molecule has 0 aromatic carbocycles. The van der Waals surface area contributed by atoms with Crippen LogP contribution in [0.1, 0.15) is 6.92 Å². The molecule has 0 nitrogen and oxygen atoms in total. The first kappa shape index (κ1) is 6.34. The van der Waals surface area contributed by atoms with E-state index in [1.165, 1.54) is 6.92 Å². The molecule has 0 atom stereocenters. The Kier molecular flexibility index (Phi) is 3.19. The van der Waals surface area contributed by atoms with Crippen LogP contribution in [0.25, 0.3) is 0 Å². The maximum absolute atomic E-state index is 11.5. The number of allylic oxidation sites excluding steroid dienone is 3. The lowest BCUT2D eigenvalue weighted by Gasteiger charge is -1.72. The van der Waals surface area contributed by atoms with Crippen LogP contribution in [0.4, 0.5) is 8.78 Å². The zero-order valence-corrected chi connectivity index (χ0v) is 3.99. The largest absolute Gasteiger partial charge is 0.216 e. The predicted octanol–water partition coefficient (Wildman–Crippen LogP) is 2.34. The van der Waals surface area contributed by atoms with E-state index in [1.807, 2.05) is 0 Å². The van der Waals surface area contributed by atoms with Crippen molar-refractivity contribution < 1.29 is 8.78 Å². The third-order valence-corrected chi connectivity index (χ3v) is 0.399. The standard InChI is InChI=1S/C5H6F2/c1-5(7)3-2-4-6/h2-4H,1H3/b4-2+,5-3+. The summed E-state index contributed by atoms with van der Waals surface area (Å²) in [6.07, 6.45) is 2.32. The second kappa shape index (κ2) is 3.53. The summed E-state index contributed by atoms with van der Waals surface area (Å²) in [5.41, 5.74) is 0. The molecule has 40 valence electrons. The van der Waals surface area contributed by atoms with E-state index < -0.39 is 5.83 Å². The van der Waals surface area contributed by atoms with E-state index in [0.717, 1.165) is 12.2 Å². The molecule has 0 aromatic rings. The molecule has 0 unspecified atom stereocenters. The highest BCUT2D eigenvalue weighted by molar-refractivity contribution is 5.02. The monoisotopic (exact) mass is 104 g/mol. The molecule has 7 heavy (non-hydrogen) atoms. The van der Waals surface area contributed by atoms with E-state index in [9.17, 15) is 8.78 Å². The SMILES string of the molecule is C/C(F)=C\C=C\F. The Morgan fingerprint density at radius 2 is 2.14 bits per heavy atom. The Hall–Kier alpha value is -0.660. The van der Waals surface area contributed by atoms with Gasteiger partial charge in [-0.2, -0.15) is 0 Å². The molecule has 0 rings (SSSR count). The van der Waals surface area contributed by atoms with Gasteiger partial charge in [0.05, 0.1) is 12.2 Å². The molecular formula is C5H6F2. The van der Waals surface area contributed by atoms with Crippen LogP contribution in [0, 0.1) is 0 Å². The van der Waals surface area contributed by atoms with E-state index >= 15 is 0 Å². The van der Waals surface area contributed by atoms with Crippen LogP contribution in [0.2, 0.25) is 0 Å². The van der Waals surface area contributed by atoms with Crippen LogP contribution in [0.5, 0.6) is 0 Å². The van der Waals surface area contributed by atoms with E-state index in [-0.39, 0.29) is 6.33 Å². The summed E-state index contributed by atoms with van der Waals surface area (Å²) in [7, 11) is 0. The zero-order valence-electron chi connectivity index (χ0n) is 3.99. The van der Waals surface area contributed by atoms with E-state index in [4.69, 9.17) is 0 Å². The molecule has 0 amide bonds. The molecule has 0 radical (unpaired) electrons. The van der Waals surface area contributed by atoms with Crippen LogP contribution >= 0.6 is 0 Å². The van der Waals surface area contributed by atoms with Gasteiger partial charge in [-0.25, -0.2) is 8.78 Å². The molecule has 0 spiro atoms. The Labute approximate surface area is 41.2 Å². The Morgan fingerprint density at radius 1 is 1.57 bits per heavy atom. The summed E-state index contributed by atoms with van der Waals surface area (Å²) in [6.45, 7) is 1.25. The fourth-order valence-corrected chi connectivity index (χ4v) is 0.169. The molecule has 2 heteroatoms. The van der Waals surface area contributed by atoms with Crippen LogP contribution < -0.4 is 0 Å². The lowest BCUT2D eigenvalue weighted by atomic mass is 10.5. The third kappa shape index (κ3) is 5.34. The fraction of sp³-hybridized carbons (Fsp3) is 0.200.